The highest BCUT2D eigenvalue weighted by Gasteiger charge is 2.22. The summed E-state index contributed by atoms with van der Waals surface area (Å²) in [6.45, 7) is 0.356. The van der Waals surface area contributed by atoms with Crippen LogP contribution in [0.25, 0.3) is 22.0 Å². The van der Waals surface area contributed by atoms with Crippen LogP contribution in [0.5, 0.6) is 0 Å². The third-order valence-corrected chi connectivity index (χ3v) is 6.64. The maximum absolute atomic E-state index is 13.4. The van der Waals surface area contributed by atoms with Crippen LogP contribution in [-0.2, 0) is 17.8 Å². The number of carbonyl (C=O) groups is 1. The molecular formula is C29H28FN3O. The third kappa shape index (κ3) is 5.14. The van der Waals surface area contributed by atoms with Crippen molar-refractivity contribution in [2.75, 3.05) is 0 Å². The van der Waals surface area contributed by atoms with Crippen molar-refractivity contribution in [3.8, 4) is 11.3 Å². The highest BCUT2D eigenvalue weighted by molar-refractivity contribution is 5.85. The second-order valence-corrected chi connectivity index (χ2v) is 9.06. The van der Waals surface area contributed by atoms with E-state index in [0.717, 1.165) is 46.4 Å². The normalized spacial score (nSPS) is 14.3. The molecule has 0 unspecified atom stereocenters. The summed E-state index contributed by atoms with van der Waals surface area (Å²) in [5.41, 5.74) is 4.36. The zero-order chi connectivity index (χ0) is 23.3. The van der Waals surface area contributed by atoms with E-state index in [1.54, 1.807) is 18.3 Å². The summed E-state index contributed by atoms with van der Waals surface area (Å²) in [5.74, 6) is 0.0401. The van der Waals surface area contributed by atoms with Crippen LogP contribution in [0.4, 0.5) is 4.39 Å². The van der Waals surface area contributed by atoms with E-state index < -0.39 is 0 Å². The van der Waals surface area contributed by atoms with Crippen LogP contribution in [0.3, 0.4) is 0 Å². The minimum Gasteiger partial charge on any atom is -0.350 e. The Labute approximate surface area is 199 Å². The monoisotopic (exact) mass is 453 g/mol. The number of nitrogens with zero attached hydrogens (tertiary/aromatic N) is 2. The largest absolute Gasteiger partial charge is 0.350 e. The van der Waals surface area contributed by atoms with Crippen LogP contribution < -0.4 is 5.32 Å². The average Bonchev–Trinajstić information content (AvgIpc) is 2.88. The van der Waals surface area contributed by atoms with Gasteiger partial charge in [0.25, 0.3) is 0 Å². The smallest absolute Gasteiger partial charge is 0.224 e. The molecule has 1 saturated carbocycles. The maximum Gasteiger partial charge on any atom is 0.224 e. The lowest BCUT2D eigenvalue weighted by Crippen LogP contribution is -2.26. The first-order valence-corrected chi connectivity index (χ1v) is 12.0. The molecule has 4 aromatic rings. The van der Waals surface area contributed by atoms with Gasteiger partial charge >= 0.3 is 0 Å². The van der Waals surface area contributed by atoms with Gasteiger partial charge in [0, 0.05) is 11.5 Å². The molecule has 0 bridgehead atoms. The fraction of sp³-hybridized carbons (Fsp3) is 0.276. The van der Waals surface area contributed by atoms with Gasteiger partial charge in [0.05, 0.1) is 36.2 Å². The van der Waals surface area contributed by atoms with Crippen LogP contribution >= 0.6 is 0 Å². The van der Waals surface area contributed by atoms with E-state index in [4.69, 9.17) is 9.97 Å². The molecule has 0 spiro atoms. The van der Waals surface area contributed by atoms with Gasteiger partial charge in [-0.05, 0) is 53.4 Å². The van der Waals surface area contributed by atoms with Gasteiger partial charge in [-0.15, -0.1) is 0 Å². The van der Waals surface area contributed by atoms with Gasteiger partial charge in [0.2, 0.25) is 5.91 Å². The minimum atomic E-state index is -0.269. The Bertz CT molecular complexity index is 1300. The number of hydrogen-bond donors (Lipinski definition) is 1. The molecule has 1 aliphatic rings. The molecule has 1 aliphatic carbocycles. The number of benzene rings is 3. The van der Waals surface area contributed by atoms with Crippen molar-refractivity contribution < 1.29 is 9.18 Å². The second kappa shape index (κ2) is 10.1. The number of carbonyl (C=O) groups excluding carboxylic acids is 1. The quantitative estimate of drug-likeness (QED) is 0.370. The van der Waals surface area contributed by atoms with Crippen molar-refractivity contribution in [1.29, 1.82) is 0 Å². The zero-order valence-corrected chi connectivity index (χ0v) is 19.1. The molecule has 4 nitrogen and oxygen atoms in total. The Morgan fingerprint density at radius 3 is 2.50 bits per heavy atom. The lowest BCUT2D eigenvalue weighted by atomic mass is 9.86. The molecule has 0 aliphatic heterocycles. The second-order valence-electron chi connectivity index (χ2n) is 9.06. The molecule has 34 heavy (non-hydrogen) atoms. The van der Waals surface area contributed by atoms with E-state index in [1.165, 1.54) is 36.8 Å². The van der Waals surface area contributed by atoms with Crippen LogP contribution in [0.2, 0.25) is 0 Å². The van der Waals surface area contributed by atoms with Crippen molar-refractivity contribution in [3.05, 3.63) is 95.7 Å². The molecule has 172 valence electrons. The van der Waals surface area contributed by atoms with Crippen LogP contribution in [0.1, 0.15) is 55.0 Å². The summed E-state index contributed by atoms with van der Waals surface area (Å²) in [6, 6.07) is 20.6. The van der Waals surface area contributed by atoms with Crippen molar-refractivity contribution in [1.82, 2.24) is 15.3 Å². The number of amides is 1. The van der Waals surface area contributed by atoms with Gasteiger partial charge in [0.15, 0.2) is 0 Å². The molecule has 5 rings (SSSR count). The topological polar surface area (TPSA) is 54.9 Å². The number of aromatic nitrogens is 2. The molecule has 5 heteroatoms. The molecule has 1 amide bonds. The van der Waals surface area contributed by atoms with Crippen molar-refractivity contribution in [2.45, 2.75) is 51.0 Å². The summed E-state index contributed by atoms with van der Waals surface area (Å²) >= 11 is 0. The van der Waals surface area contributed by atoms with Crippen LogP contribution in [-0.4, -0.2) is 15.9 Å². The fourth-order valence-electron chi connectivity index (χ4n) is 4.81. The lowest BCUT2D eigenvalue weighted by molar-refractivity contribution is -0.120. The number of nitrogens with one attached hydrogen (secondary N) is 1. The van der Waals surface area contributed by atoms with Crippen LogP contribution in [0.15, 0.2) is 72.9 Å². The Morgan fingerprint density at radius 1 is 0.941 bits per heavy atom. The molecule has 1 N–H and O–H groups in total. The predicted molar refractivity (Wildman–Crippen MR) is 133 cm³/mol. The summed E-state index contributed by atoms with van der Waals surface area (Å²) in [5, 5.41) is 5.35. The van der Waals surface area contributed by atoms with Gasteiger partial charge in [-0.3, -0.25) is 9.78 Å². The third-order valence-electron chi connectivity index (χ3n) is 6.64. The standard InChI is InChI=1S/C29H28FN3O/c30-25-14-12-22(13-15-25)26-18-31-27(29(33-26)23-7-2-1-3-8-23)19-32-28(34)17-20-10-11-21-6-4-5-9-24(21)16-20/h4-6,9-16,18,23H,1-3,7-8,17,19H2,(H,32,34). The molecule has 0 saturated heterocycles. The molecule has 0 radical (unpaired) electrons. The summed E-state index contributed by atoms with van der Waals surface area (Å²) in [6.07, 6.45) is 7.83. The highest BCUT2D eigenvalue weighted by Crippen LogP contribution is 2.34. The molecule has 1 aromatic heterocycles. The molecule has 1 fully saturated rings. The van der Waals surface area contributed by atoms with Gasteiger partial charge in [-0.2, -0.15) is 0 Å². The van der Waals surface area contributed by atoms with E-state index in [2.05, 4.69) is 29.6 Å². The first-order valence-electron chi connectivity index (χ1n) is 12.0. The summed E-state index contributed by atoms with van der Waals surface area (Å²) < 4.78 is 13.4. The summed E-state index contributed by atoms with van der Waals surface area (Å²) in [7, 11) is 0. The molecule has 1 heterocycles. The Balaban J connectivity index is 1.33. The van der Waals surface area contributed by atoms with E-state index in [0.29, 0.717) is 18.9 Å². The predicted octanol–water partition coefficient (Wildman–Crippen LogP) is 6.34. The fourth-order valence-corrected chi connectivity index (χ4v) is 4.81. The average molecular weight is 454 g/mol. The van der Waals surface area contributed by atoms with E-state index in [1.807, 2.05) is 18.2 Å². The van der Waals surface area contributed by atoms with Gasteiger partial charge in [-0.1, -0.05) is 61.7 Å². The van der Waals surface area contributed by atoms with E-state index >= 15 is 0 Å². The van der Waals surface area contributed by atoms with Gasteiger partial charge in [-0.25, -0.2) is 9.37 Å². The number of hydrogen-bond acceptors (Lipinski definition) is 3. The van der Waals surface area contributed by atoms with Gasteiger partial charge < -0.3 is 5.32 Å². The Kier molecular flexibility index (Phi) is 6.61. The number of fused-ring (bicyclic) bond motifs is 1. The van der Waals surface area contributed by atoms with Crippen LogP contribution in [0, 0.1) is 5.82 Å². The Morgan fingerprint density at radius 2 is 1.71 bits per heavy atom. The SMILES string of the molecule is O=C(Cc1ccc2ccccc2c1)NCc1ncc(-c2ccc(F)cc2)nc1C1CCCCC1. The maximum atomic E-state index is 13.4. The first kappa shape index (κ1) is 22.2. The van der Waals surface area contributed by atoms with E-state index in [9.17, 15) is 9.18 Å². The van der Waals surface area contributed by atoms with Crippen molar-refractivity contribution in [2.24, 2.45) is 0 Å². The zero-order valence-electron chi connectivity index (χ0n) is 19.1. The molecular weight excluding hydrogens is 425 g/mol. The summed E-state index contributed by atoms with van der Waals surface area (Å²) in [4.78, 5) is 22.4. The van der Waals surface area contributed by atoms with Gasteiger partial charge in [0.1, 0.15) is 5.82 Å². The number of rotatable bonds is 6. The first-order chi connectivity index (χ1) is 16.7. The highest BCUT2D eigenvalue weighted by atomic mass is 19.1. The van der Waals surface area contributed by atoms with Crippen molar-refractivity contribution >= 4 is 16.7 Å². The van der Waals surface area contributed by atoms with E-state index in [-0.39, 0.29) is 11.7 Å². The Hall–Kier alpha value is -3.60. The lowest BCUT2D eigenvalue weighted by Gasteiger charge is -2.23. The molecule has 0 atom stereocenters. The number of halogens is 1. The molecule has 3 aromatic carbocycles. The minimum absolute atomic E-state index is 0.0331. The van der Waals surface area contributed by atoms with Crippen molar-refractivity contribution in [3.63, 3.8) is 0 Å².